The Hall–Kier alpha value is -3.10. The molecule has 168 valence electrons. The van der Waals surface area contributed by atoms with Crippen molar-refractivity contribution in [2.45, 2.75) is 19.4 Å². The summed E-state index contributed by atoms with van der Waals surface area (Å²) in [5.74, 6) is -0.0583. The monoisotopic (exact) mass is 473 g/mol. The molecule has 1 amide bonds. The maximum atomic E-state index is 12.9. The Morgan fingerprint density at radius 3 is 2.28 bits per heavy atom. The van der Waals surface area contributed by atoms with Gasteiger partial charge in [-0.15, -0.1) is 0 Å². The van der Waals surface area contributed by atoms with Gasteiger partial charge in [-0.3, -0.25) is 14.1 Å². The first kappa shape index (κ1) is 23.6. The molecule has 0 bridgehead atoms. The molecule has 0 radical (unpaired) electrons. The van der Waals surface area contributed by atoms with E-state index in [0.717, 1.165) is 28.1 Å². The van der Waals surface area contributed by atoms with Gasteiger partial charge < -0.3 is 10.1 Å². The molecule has 0 aliphatic rings. The molecule has 0 aliphatic heterocycles. The zero-order valence-electron chi connectivity index (χ0n) is 17.9. The lowest BCUT2D eigenvalue weighted by molar-refractivity contribution is -0.116. The van der Waals surface area contributed by atoms with E-state index in [1.165, 1.54) is 20.1 Å². The molecule has 1 atom stereocenters. The standard InChI is InChI=1S/C23H24ClN3O4S/c1-16(27(32(3,29)30)20-8-9-22(31-2)21(24)15-20)23(28)26-19-6-4-17(5-7-19)14-18-10-12-25-13-11-18/h4-13,15-16H,14H2,1-3H3,(H,26,28). The summed E-state index contributed by atoms with van der Waals surface area (Å²) in [7, 11) is -2.30. The summed E-state index contributed by atoms with van der Waals surface area (Å²) in [6.07, 6.45) is 5.28. The first-order chi connectivity index (χ1) is 15.2. The van der Waals surface area contributed by atoms with Crippen molar-refractivity contribution in [3.05, 3.63) is 83.1 Å². The van der Waals surface area contributed by atoms with Crippen LogP contribution >= 0.6 is 11.6 Å². The van der Waals surface area contributed by atoms with Gasteiger partial charge in [0.1, 0.15) is 11.8 Å². The van der Waals surface area contributed by atoms with E-state index in [2.05, 4.69) is 10.3 Å². The number of nitrogens with one attached hydrogen (secondary N) is 1. The van der Waals surface area contributed by atoms with E-state index in [4.69, 9.17) is 16.3 Å². The summed E-state index contributed by atoms with van der Waals surface area (Å²) >= 11 is 6.16. The van der Waals surface area contributed by atoms with Crippen LogP contribution in [-0.2, 0) is 21.2 Å². The predicted molar refractivity (Wildman–Crippen MR) is 127 cm³/mol. The molecule has 1 heterocycles. The minimum absolute atomic E-state index is 0.246. The summed E-state index contributed by atoms with van der Waals surface area (Å²) in [5, 5.41) is 3.03. The minimum Gasteiger partial charge on any atom is -0.495 e. The van der Waals surface area contributed by atoms with Crippen molar-refractivity contribution in [2.75, 3.05) is 23.0 Å². The number of sulfonamides is 1. The molecule has 0 spiro atoms. The average Bonchev–Trinajstić information content (AvgIpc) is 2.75. The van der Waals surface area contributed by atoms with E-state index in [9.17, 15) is 13.2 Å². The highest BCUT2D eigenvalue weighted by atomic mass is 35.5. The normalized spacial score (nSPS) is 12.1. The smallest absolute Gasteiger partial charge is 0.247 e. The highest BCUT2D eigenvalue weighted by molar-refractivity contribution is 7.92. The summed E-state index contributed by atoms with van der Waals surface area (Å²) in [4.78, 5) is 16.9. The lowest BCUT2D eigenvalue weighted by Gasteiger charge is -2.28. The number of nitrogens with zero attached hydrogens (tertiary/aromatic N) is 2. The number of hydrogen-bond acceptors (Lipinski definition) is 5. The van der Waals surface area contributed by atoms with Gasteiger partial charge in [0.05, 0.1) is 24.1 Å². The maximum Gasteiger partial charge on any atom is 0.247 e. The van der Waals surface area contributed by atoms with Crippen LogP contribution in [0.4, 0.5) is 11.4 Å². The van der Waals surface area contributed by atoms with Gasteiger partial charge in [0.2, 0.25) is 15.9 Å². The van der Waals surface area contributed by atoms with Gasteiger partial charge in [-0.2, -0.15) is 0 Å². The number of amides is 1. The van der Waals surface area contributed by atoms with Gasteiger partial charge in [0.15, 0.2) is 0 Å². The Morgan fingerprint density at radius 1 is 1.09 bits per heavy atom. The molecule has 32 heavy (non-hydrogen) atoms. The lowest BCUT2D eigenvalue weighted by atomic mass is 10.1. The Balaban J connectivity index is 1.75. The van der Waals surface area contributed by atoms with E-state index < -0.39 is 22.0 Å². The molecule has 0 fully saturated rings. The summed E-state index contributed by atoms with van der Waals surface area (Å²) in [5.41, 5.74) is 3.05. The summed E-state index contributed by atoms with van der Waals surface area (Å²) < 4.78 is 31.1. The van der Waals surface area contributed by atoms with Crippen molar-refractivity contribution >= 4 is 38.9 Å². The third-order valence-electron chi connectivity index (χ3n) is 4.86. The molecular formula is C23H24ClN3O4S. The van der Waals surface area contributed by atoms with Crippen LogP contribution in [0.15, 0.2) is 67.0 Å². The van der Waals surface area contributed by atoms with Crippen LogP contribution in [0.5, 0.6) is 5.75 Å². The first-order valence-corrected chi connectivity index (χ1v) is 12.0. The SMILES string of the molecule is COc1ccc(N(C(C)C(=O)Nc2ccc(Cc3ccncc3)cc2)S(C)(=O)=O)cc1Cl. The average molecular weight is 474 g/mol. The molecule has 3 rings (SSSR count). The van der Waals surface area contributed by atoms with E-state index >= 15 is 0 Å². The third-order valence-corrected chi connectivity index (χ3v) is 6.39. The summed E-state index contributed by atoms with van der Waals surface area (Å²) in [6.45, 7) is 1.52. The lowest BCUT2D eigenvalue weighted by Crippen LogP contribution is -2.45. The van der Waals surface area contributed by atoms with Gasteiger partial charge in [0.25, 0.3) is 0 Å². The minimum atomic E-state index is -3.76. The molecule has 1 aromatic heterocycles. The van der Waals surface area contributed by atoms with Crippen molar-refractivity contribution in [3.63, 3.8) is 0 Å². The molecule has 0 aliphatic carbocycles. The molecule has 0 saturated heterocycles. The predicted octanol–water partition coefficient (Wildman–Crippen LogP) is 4.13. The van der Waals surface area contributed by atoms with Crippen LogP contribution in [0.2, 0.25) is 5.02 Å². The molecule has 9 heteroatoms. The second kappa shape index (κ2) is 10.0. The van der Waals surface area contributed by atoms with Crippen LogP contribution in [-0.4, -0.2) is 38.7 Å². The molecule has 3 aromatic rings. The fraction of sp³-hybridized carbons (Fsp3) is 0.217. The zero-order chi connectivity index (χ0) is 23.3. The highest BCUT2D eigenvalue weighted by Crippen LogP contribution is 2.31. The van der Waals surface area contributed by atoms with Gasteiger partial charge in [-0.1, -0.05) is 23.7 Å². The Bertz CT molecular complexity index is 1190. The number of carbonyl (C=O) groups excluding carboxylic acids is 1. The Morgan fingerprint density at radius 2 is 1.72 bits per heavy atom. The zero-order valence-corrected chi connectivity index (χ0v) is 19.5. The number of rotatable bonds is 8. The molecular weight excluding hydrogens is 450 g/mol. The number of hydrogen-bond donors (Lipinski definition) is 1. The van der Waals surface area contributed by atoms with Crippen LogP contribution in [0, 0.1) is 0 Å². The second-order valence-electron chi connectivity index (χ2n) is 7.27. The molecule has 1 N–H and O–H groups in total. The number of halogens is 1. The second-order valence-corrected chi connectivity index (χ2v) is 9.54. The maximum absolute atomic E-state index is 12.9. The van der Waals surface area contributed by atoms with Crippen molar-refractivity contribution in [2.24, 2.45) is 0 Å². The molecule has 1 unspecified atom stereocenters. The van der Waals surface area contributed by atoms with Crippen molar-refractivity contribution < 1.29 is 17.9 Å². The number of benzene rings is 2. The third kappa shape index (κ3) is 5.77. The molecule has 0 saturated carbocycles. The number of pyridine rings is 1. The van der Waals surface area contributed by atoms with Crippen LogP contribution < -0.4 is 14.4 Å². The van der Waals surface area contributed by atoms with Crippen molar-refractivity contribution in [1.82, 2.24) is 4.98 Å². The molecule has 7 nitrogen and oxygen atoms in total. The van der Waals surface area contributed by atoms with Gasteiger partial charge in [-0.05, 0) is 66.9 Å². The van der Waals surface area contributed by atoms with Gasteiger partial charge in [-0.25, -0.2) is 8.42 Å². The van der Waals surface area contributed by atoms with Crippen LogP contribution in [0.3, 0.4) is 0 Å². The van der Waals surface area contributed by atoms with Crippen molar-refractivity contribution in [3.8, 4) is 5.75 Å². The van der Waals surface area contributed by atoms with E-state index in [1.54, 1.807) is 36.7 Å². The van der Waals surface area contributed by atoms with Gasteiger partial charge in [0, 0.05) is 18.1 Å². The number of carbonyl (C=O) groups is 1. The Kier molecular flexibility index (Phi) is 7.37. The highest BCUT2D eigenvalue weighted by Gasteiger charge is 2.29. The van der Waals surface area contributed by atoms with E-state index in [-0.39, 0.29) is 10.7 Å². The summed E-state index contributed by atoms with van der Waals surface area (Å²) in [6, 6.07) is 14.9. The Labute approximate surface area is 193 Å². The number of methoxy groups -OCH3 is 1. The fourth-order valence-electron chi connectivity index (χ4n) is 3.29. The molecule has 2 aromatic carbocycles. The van der Waals surface area contributed by atoms with E-state index in [1.807, 2.05) is 24.3 Å². The first-order valence-electron chi connectivity index (χ1n) is 9.80. The fourth-order valence-corrected chi connectivity index (χ4v) is 4.71. The van der Waals surface area contributed by atoms with Crippen LogP contribution in [0.1, 0.15) is 18.1 Å². The van der Waals surface area contributed by atoms with E-state index in [0.29, 0.717) is 11.4 Å². The number of aromatic nitrogens is 1. The topological polar surface area (TPSA) is 88.6 Å². The number of anilines is 2. The quantitative estimate of drug-likeness (QED) is 0.531. The number of ether oxygens (including phenoxy) is 1. The van der Waals surface area contributed by atoms with Crippen LogP contribution in [0.25, 0.3) is 0 Å². The largest absolute Gasteiger partial charge is 0.495 e. The van der Waals surface area contributed by atoms with Gasteiger partial charge >= 0.3 is 0 Å². The van der Waals surface area contributed by atoms with Crippen molar-refractivity contribution in [1.29, 1.82) is 0 Å².